The summed E-state index contributed by atoms with van der Waals surface area (Å²) in [6.45, 7) is 13.6. The lowest BCUT2D eigenvalue weighted by atomic mass is 9.33. The van der Waals surface area contributed by atoms with Gasteiger partial charge in [-0.1, -0.05) is 53.2 Å². The molecule has 0 radical (unpaired) electrons. The maximum Gasteiger partial charge on any atom is 0.310 e. The Morgan fingerprint density at radius 1 is 0.943 bits per heavy atom. The van der Waals surface area contributed by atoms with E-state index < -0.39 is 29.0 Å². The molecule has 5 aliphatic rings. The van der Waals surface area contributed by atoms with Crippen LogP contribution in [0.5, 0.6) is 0 Å². The molecule has 0 saturated heterocycles. The van der Waals surface area contributed by atoms with Crippen LogP contribution in [0.1, 0.15) is 99.3 Å². The van der Waals surface area contributed by atoms with Crippen LogP contribution >= 0.6 is 0 Å². The van der Waals surface area contributed by atoms with E-state index in [0.717, 1.165) is 51.4 Å². The summed E-state index contributed by atoms with van der Waals surface area (Å²) in [6, 6.07) is 0. The van der Waals surface area contributed by atoms with Crippen LogP contribution in [0, 0.1) is 50.2 Å². The van der Waals surface area contributed by atoms with E-state index in [1.807, 2.05) is 6.92 Å². The van der Waals surface area contributed by atoms with Crippen LogP contribution < -0.4 is 0 Å². The second-order valence-electron chi connectivity index (χ2n) is 15.1. The zero-order valence-corrected chi connectivity index (χ0v) is 22.7. The Bertz CT molecular complexity index is 941. The molecule has 5 heteroatoms. The molecule has 5 aliphatic carbocycles. The highest BCUT2D eigenvalue weighted by Crippen LogP contribution is 2.75. The lowest BCUT2D eigenvalue weighted by molar-refractivity contribution is -0.243. The summed E-state index contributed by atoms with van der Waals surface area (Å²) in [5, 5.41) is 42.8. The number of aliphatic hydroxyl groups is 3. The largest absolute Gasteiger partial charge is 0.481 e. The van der Waals surface area contributed by atoms with Crippen molar-refractivity contribution in [3.63, 3.8) is 0 Å². The van der Waals surface area contributed by atoms with Crippen LogP contribution in [0.3, 0.4) is 0 Å². The number of aliphatic hydroxyl groups excluding tert-OH is 3. The van der Waals surface area contributed by atoms with Gasteiger partial charge >= 0.3 is 5.97 Å². The average Bonchev–Trinajstić information content (AvgIpc) is 2.77. The molecule has 0 aromatic carbocycles. The monoisotopic (exact) mass is 488 g/mol. The number of aliphatic carboxylic acids is 1. The predicted molar refractivity (Wildman–Crippen MR) is 135 cm³/mol. The van der Waals surface area contributed by atoms with E-state index in [-0.39, 0.29) is 40.1 Å². The minimum absolute atomic E-state index is 0.00698. The first-order chi connectivity index (χ1) is 16.1. The summed E-state index contributed by atoms with van der Waals surface area (Å²) in [5.41, 5.74) is -0.0632. The third-order valence-corrected chi connectivity index (χ3v) is 13.2. The van der Waals surface area contributed by atoms with Gasteiger partial charge in [-0.3, -0.25) is 4.79 Å². The number of carboxylic acid groups (broad SMARTS) is 1. The van der Waals surface area contributed by atoms with Gasteiger partial charge in [-0.15, -0.1) is 0 Å². The Morgan fingerprint density at radius 3 is 2.23 bits per heavy atom. The van der Waals surface area contributed by atoms with E-state index in [9.17, 15) is 25.2 Å². The van der Waals surface area contributed by atoms with Crippen molar-refractivity contribution >= 4 is 5.97 Å². The fourth-order valence-corrected chi connectivity index (χ4v) is 10.8. The summed E-state index contributed by atoms with van der Waals surface area (Å²) in [6.07, 6.45) is 8.40. The summed E-state index contributed by atoms with van der Waals surface area (Å²) in [7, 11) is 0. The topological polar surface area (TPSA) is 98.0 Å². The average molecular weight is 489 g/mol. The van der Waals surface area contributed by atoms with Crippen molar-refractivity contribution in [1.29, 1.82) is 0 Å². The van der Waals surface area contributed by atoms with E-state index in [1.165, 1.54) is 5.57 Å². The van der Waals surface area contributed by atoms with E-state index >= 15 is 0 Å². The molecule has 0 aliphatic heterocycles. The first-order valence-electron chi connectivity index (χ1n) is 14.0. The maximum absolute atomic E-state index is 12.8. The van der Waals surface area contributed by atoms with Crippen LogP contribution in [0.25, 0.3) is 0 Å². The zero-order chi connectivity index (χ0) is 25.8. The lowest BCUT2D eigenvalue weighted by Gasteiger charge is -2.71. The van der Waals surface area contributed by atoms with Gasteiger partial charge in [0.05, 0.1) is 24.2 Å². The van der Waals surface area contributed by atoms with Gasteiger partial charge in [0, 0.05) is 5.41 Å². The molecular weight excluding hydrogens is 440 g/mol. The van der Waals surface area contributed by atoms with Crippen molar-refractivity contribution in [1.82, 2.24) is 0 Å². The second kappa shape index (κ2) is 7.57. The van der Waals surface area contributed by atoms with Crippen molar-refractivity contribution in [2.24, 2.45) is 50.2 Å². The molecule has 0 heterocycles. The predicted octanol–water partition coefficient (Wildman–Crippen LogP) is 5.18. The van der Waals surface area contributed by atoms with Gasteiger partial charge in [0.15, 0.2) is 0 Å². The molecule has 4 fully saturated rings. The fourth-order valence-electron chi connectivity index (χ4n) is 10.8. The SMILES string of the molecule is CC1(C)CC[C@@]2(C(=O)O)CC[C@]3(C)C(=CC[C@@H]4[C@@]5(C)C[C@@H](O)[C@@H](O)[C@@](C)(CO)[C@@H]5CC[C@]43C)[C@H]2C1. The number of carbonyl (C=O) groups is 1. The van der Waals surface area contributed by atoms with Crippen molar-refractivity contribution in [3.05, 3.63) is 11.6 Å². The van der Waals surface area contributed by atoms with Gasteiger partial charge in [0.25, 0.3) is 0 Å². The van der Waals surface area contributed by atoms with E-state index in [4.69, 9.17) is 0 Å². The Morgan fingerprint density at radius 2 is 1.60 bits per heavy atom. The first kappa shape index (κ1) is 25.7. The van der Waals surface area contributed by atoms with Crippen LogP contribution in [-0.4, -0.2) is 45.2 Å². The van der Waals surface area contributed by atoms with Gasteiger partial charge in [0.1, 0.15) is 0 Å². The molecule has 0 aromatic rings. The Labute approximate surface area is 211 Å². The first-order valence-corrected chi connectivity index (χ1v) is 14.0. The third-order valence-electron chi connectivity index (χ3n) is 13.2. The molecule has 10 atom stereocenters. The molecule has 0 aromatic heterocycles. The minimum Gasteiger partial charge on any atom is -0.481 e. The number of rotatable bonds is 2. The maximum atomic E-state index is 12.8. The highest BCUT2D eigenvalue weighted by atomic mass is 16.4. The molecule has 0 amide bonds. The lowest BCUT2D eigenvalue weighted by Crippen LogP contribution is -2.68. The Kier molecular flexibility index (Phi) is 5.56. The van der Waals surface area contributed by atoms with Crippen molar-refractivity contribution in [2.75, 3.05) is 6.61 Å². The number of fused-ring (bicyclic) bond motifs is 7. The third kappa shape index (κ3) is 3.07. The molecule has 0 spiro atoms. The summed E-state index contributed by atoms with van der Waals surface area (Å²) < 4.78 is 0. The quantitative estimate of drug-likeness (QED) is 0.402. The zero-order valence-electron chi connectivity index (χ0n) is 22.7. The molecule has 198 valence electrons. The molecular formula is C30H48O5. The Balaban J connectivity index is 1.61. The Hall–Kier alpha value is -0.910. The molecule has 4 saturated carbocycles. The van der Waals surface area contributed by atoms with Gasteiger partial charge in [0.2, 0.25) is 0 Å². The highest BCUT2D eigenvalue weighted by molar-refractivity contribution is 5.76. The smallest absolute Gasteiger partial charge is 0.310 e. The summed E-state index contributed by atoms with van der Waals surface area (Å²) >= 11 is 0. The minimum atomic E-state index is -0.907. The van der Waals surface area contributed by atoms with Crippen molar-refractivity contribution in [2.45, 2.75) is 112 Å². The molecule has 5 rings (SSSR count). The summed E-state index contributed by atoms with van der Waals surface area (Å²) in [4.78, 5) is 12.8. The molecule has 4 N–H and O–H groups in total. The molecule has 0 bridgehead atoms. The van der Waals surface area contributed by atoms with Gasteiger partial charge in [-0.2, -0.15) is 0 Å². The van der Waals surface area contributed by atoms with E-state index in [2.05, 4.69) is 40.7 Å². The molecule has 5 nitrogen and oxygen atoms in total. The van der Waals surface area contributed by atoms with E-state index in [1.54, 1.807) is 0 Å². The van der Waals surface area contributed by atoms with Crippen molar-refractivity contribution < 1.29 is 25.2 Å². The molecule has 35 heavy (non-hydrogen) atoms. The van der Waals surface area contributed by atoms with Crippen LogP contribution in [0.2, 0.25) is 0 Å². The van der Waals surface area contributed by atoms with Gasteiger partial charge in [-0.05, 0) is 97.2 Å². The van der Waals surface area contributed by atoms with Gasteiger partial charge in [-0.25, -0.2) is 0 Å². The van der Waals surface area contributed by atoms with E-state index in [0.29, 0.717) is 12.3 Å². The van der Waals surface area contributed by atoms with Crippen molar-refractivity contribution in [3.8, 4) is 0 Å². The number of carboxylic acids is 1. The number of allylic oxidation sites excluding steroid dienone is 2. The molecule has 0 unspecified atom stereocenters. The fraction of sp³-hybridized carbons (Fsp3) is 0.900. The van der Waals surface area contributed by atoms with Gasteiger partial charge < -0.3 is 20.4 Å². The number of hydrogen-bond donors (Lipinski definition) is 4. The highest BCUT2D eigenvalue weighted by Gasteiger charge is 2.70. The number of hydrogen-bond acceptors (Lipinski definition) is 4. The van der Waals surface area contributed by atoms with Crippen LogP contribution in [0.15, 0.2) is 11.6 Å². The van der Waals surface area contributed by atoms with Crippen LogP contribution in [-0.2, 0) is 4.79 Å². The summed E-state index contributed by atoms with van der Waals surface area (Å²) in [5.74, 6) is -0.0472. The van der Waals surface area contributed by atoms with Crippen LogP contribution in [0.4, 0.5) is 0 Å². The normalized spacial score (nSPS) is 55.0. The second-order valence-corrected chi connectivity index (χ2v) is 15.1. The standard InChI is InChI=1S/C30H48O5/c1-25(2)11-13-30(24(34)35)14-12-28(5)18(19(30)15-25)7-8-22-26(3)16-20(32)23(33)27(4,17-31)21(26)9-10-29(22,28)6/h7,19-23,31-33H,8-17H2,1-6H3,(H,34,35)/t19-,20-,21-,22-,23-,26+,27+,28-,29-,30-/m1/s1.